The fourth-order valence-corrected chi connectivity index (χ4v) is 4.18. The summed E-state index contributed by atoms with van der Waals surface area (Å²) in [6.07, 6.45) is 8.91. The van der Waals surface area contributed by atoms with Crippen LogP contribution in [0.3, 0.4) is 0 Å². The second-order valence-corrected chi connectivity index (χ2v) is 9.56. The molecule has 28 heavy (non-hydrogen) atoms. The Balaban J connectivity index is 2.09. The number of nitrogens with zero attached hydrogens (tertiary/aromatic N) is 1. The first kappa shape index (κ1) is 23.4. The van der Waals surface area contributed by atoms with Crippen molar-refractivity contribution in [3.8, 4) is 0 Å². The maximum Gasteiger partial charge on any atom is 0.0603 e. The molecular weight excluding hydrogens is 366 g/mol. The van der Waals surface area contributed by atoms with Crippen LogP contribution in [0.2, 0.25) is 5.02 Å². The molecule has 1 aliphatic rings. The molecule has 0 aliphatic carbocycles. The van der Waals surface area contributed by atoms with Crippen LogP contribution in [0.15, 0.2) is 35.9 Å². The van der Waals surface area contributed by atoms with E-state index < -0.39 is 0 Å². The number of halogens is 1. The quantitative estimate of drug-likeness (QED) is 0.409. The number of benzene rings is 1. The van der Waals surface area contributed by atoms with Crippen LogP contribution < -0.4 is 0 Å². The third-order valence-electron chi connectivity index (χ3n) is 6.32. The van der Waals surface area contributed by atoms with Crippen LogP contribution in [0.5, 0.6) is 0 Å². The summed E-state index contributed by atoms with van der Waals surface area (Å²) in [6, 6.07) is 8.86. The minimum Gasteiger partial charge on any atom is -0.375 e. The molecule has 2 atom stereocenters. The van der Waals surface area contributed by atoms with Gasteiger partial charge in [0, 0.05) is 24.2 Å². The van der Waals surface area contributed by atoms with Crippen LogP contribution in [-0.4, -0.2) is 36.2 Å². The highest BCUT2D eigenvalue weighted by atomic mass is 35.5. The summed E-state index contributed by atoms with van der Waals surface area (Å²) in [6.45, 7) is 15.9. The van der Waals surface area contributed by atoms with Gasteiger partial charge >= 0.3 is 0 Å². The smallest absolute Gasteiger partial charge is 0.0603 e. The van der Waals surface area contributed by atoms with Crippen LogP contribution in [0.4, 0.5) is 0 Å². The number of rotatable bonds is 9. The van der Waals surface area contributed by atoms with Crippen molar-refractivity contribution >= 4 is 11.6 Å². The van der Waals surface area contributed by atoms with Crippen molar-refractivity contribution in [2.75, 3.05) is 13.1 Å². The summed E-state index contributed by atoms with van der Waals surface area (Å²) in [4.78, 5) is 2.67. The highest BCUT2D eigenvalue weighted by molar-refractivity contribution is 6.30. The van der Waals surface area contributed by atoms with Gasteiger partial charge in [0.15, 0.2) is 0 Å². The van der Waals surface area contributed by atoms with Crippen molar-refractivity contribution < 1.29 is 4.74 Å². The molecule has 1 saturated heterocycles. The monoisotopic (exact) mass is 405 g/mol. The van der Waals surface area contributed by atoms with Gasteiger partial charge in [0.25, 0.3) is 0 Å². The molecule has 0 bridgehead atoms. The van der Waals surface area contributed by atoms with Crippen molar-refractivity contribution in [1.29, 1.82) is 0 Å². The molecule has 2 rings (SSSR count). The Morgan fingerprint density at radius 3 is 2.36 bits per heavy atom. The van der Waals surface area contributed by atoms with E-state index in [1.165, 1.54) is 11.1 Å². The largest absolute Gasteiger partial charge is 0.375 e. The van der Waals surface area contributed by atoms with E-state index >= 15 is 0 Å². The highest BCUT2D eigenvalue weighted by Crippen LogP contribution is 2.33. The molecule has 1 aliphatic heterocycles. The van der Waals surface area contributed by atoms with Crippen LogP contribution >= 0.6 is 11.6 Å². The normalized spacial score (nSPS) is 19.6. The molecular formula is C25H40ClNO. The lowest BCUT2D eigenvalue weighted by molar-refractivity contribution is -0.0400. The SMILES string of the molecule is CC/C(C)=C\C(CC(C)(C)c1ccc(Cl)cc1)N1CCC(OC(C)CC)CC1. The molecule has 0 amide bonds. The molecule has 3 heteroatoms. The van der Waals surface area contributed by atoms with Crippen LogP contribution in [0.1, 0.15) is 79.2 Å². The molecule has 158 valence electrons. The van der Waals surface area contributed by atoms with E-state index in [1.54, 1.807) is 0 Å². The Hall–Kier alpha value is -0.830. The topological polar surface area (TPSA) is 12.5 Å². The van der Waals surface area contributed by atoms with Crippen LogP contribution in [-0.2, 0) is 10.2 Å². The summed E-state index contributed by atoms with van der Waals surface area (Å²) in [5, 5.41) is 0.807. The molecule has 1 heterocycles. The summed E-state index contributed by atoms with van der Waals surface area (Å²) in [7, 11) is 0. The number of hydrogen-bond donors (Lipinski definition) is 0. The maximum absolute atomic E-state index is 6.20. The fourth-order valence-electron chi connectivity index (χ4n) is 4.05. The molecule has 2 unspecified atom stereocenters. The Labute approximate surface area is 178 Å². The Morgan fingerprint density at radius 2 is 1.82 bits per heavy atom. The average Bonchev–Trinajstić information content (AvgIpc) is 2.68. The number of allylic oxidation sites excluding steroid dienone is 1. The standard InChI is InChI=1S/C25H40ClNO/c1-7-19(3)17-23(18-25(5,6)21-9-11-22(26)12-10-21)27-15-13-24(14-16-27)28-20(4)8-2/h9-12,17,20,23-24H,7-8,13-16,18H2,1-6H3/b19-17-. The van der Waals surface area contributed by atoms with Gasteiger partial charge in [0.1, 0.15) is 0 Å². The number of ether oxygens (including phenoxy) is 1. The Kier molecular flexibility index (Phi) is 9.05. The maximum atomic E-state index is 6.20. The zero-order valence-corrected chi connectivity index (χ0v) is 19.6. The number of piperidine rings is 1. The zero-order valence-electron chi connectivity index (χ0n) is 18.8. The molecule has 0 N–H and O–H groups in total. The molecule has 0 radical (unpaired) electrons. The van der Waals surface area contributed by atoms with Gasteiger partial charge in [-0.05, 0) is 69.1 Å². The number of hydrogen-bond acceptors (Lipinski definition) is 2. The van der Waals surface area contributed by atoms with E-state index in [1.807, 2.05) is 12.1 Å². The van der Waals surface area contributed by atoms with E-state index in [0.717, 1.165) is 50.2 Å². The fraction of sp³-hybridized carbons (Fsp3) is 0.680. The van der Waals surface area contributed by atoms with Gasteiger partial charge in [-0.15, -0.1) is 0 Å². The van der Waals surface area contributed by atoms with E-state index in [0.29, 0.717) is 18.2 Å². The van der Waals surface area contributed by atoms with Gasteiger partial charge in [0.2, 0.25) is 0 Å². The zero-order chi connectivity index (χ0) is 20.7. The molecule has 1 aromatic carbocycles. The van der Waals surface area contributed by atoms with Crippen LogP contribution in [0, 0.1) is 0 Å². The third-order valence-corrected chi connectivity index (χ3v) is 6.58. The van der Waals surface area contributed by atoms with E-state index in [4.69, 9.17) is 16.3 Å². The molecule has 0 saturated carbocycles. The highest BCUT2D eigenvalue weighted by Gasteiger charge is 2.30. The van der Waals surface area contributed by atoms with Crippen LogP contribution in [0.25, 0.3) is 0 Å². The second kappa shape index (κ2) is 10.8. The summed E-state index contributed by atoms with van der Waals surface area (Å²) in [5.41, 5.74) is 2.94. The minimum atomic E-state index is 0.101. The second-order valence-electron chi connectivity index (χ2n) is 9.12. The molecule has 1 fully saturated rings. The lowest BCUT2D eigenvalue weighted by atomic mass is 9.78. The predicted molar refractivity (Wildman–Crippen MR) is 122 cm³/mol. The third kappa shape index (κ3) is 6.90. The molecule has 0 aromatic heterocycles. The predicted octanol–water partition coefficient (Wildman–Crippen LogP) is 7.01. The van der Waals surface area contributed by atoms with Gasteiger partial charge in [-0.25, -0.2) is 0 Å². The van der Waals surface area contributed by atoms with E-state index in [-0.39, 0.29) is 5.41 Å². The van der Waals surface area contributed by atoms with Gasteiger partial charge in [-0.2, -0.15) is 0 Å². The molecule has 2 nitrogen and oxygen atoms in total. The van der Waals surface area contributed by atoms with E-state index in [2.05, 4.69) is 64.7 Å². The van der Waals surface area contributed by atoms with Crippen molar-refractivity contribution in [3.05, 3.63) is 46.5 Å². The Bertz CT molecular complexity index is 614. The van der Waals surface area contributed by atoms with Crippen molar-refractivity contribution in [3.63, 3.8) is 0 Å². The van der Waals surface area contributed by atoms with Gasteiger partial charge in [0.05, 0.1) is 12.2 Å². The number of likely N-dealkylation sites (tertiary alicyclic amines) is 1. The lowest BCUT2D eigenvalue weighted by Gasteiger charge is -2.40. The van der Waals surface area contributed by atoms with E-state index in [9.17, 15) is 0 Å². The average molecular weight is 406 g/mol. The summed E-state index contributed by atoms with van der Waals surface area (Å²) < 4.78 is 6.20. The van der Waals surface area contributed by atoms with Crippen molar-refractivity contribution in [2.45, 2.75) is 97.3 Å². The first-order chi connectivity index (χ1) is 13.2. The first-order valence-corrected chi connectivity index (χ1v) is 11.5. The minimum absolute atomic E-state index is 0.101. The molecule has 1 aromatic rings. The van der Waals surface area contributed by atoms with Crippen molar-refractivity contribution in [1.82, 2.24) is 4.90 Å². The first-order valence-electron chi connectivity index (χ1n) is 11.1. The molecule has 0 spiro atoms. The van der Waals surface area contributed by atoms with Crippen molar-refractivity contribution in [2.24, 2.45) is 0 Å². The van der Waals surface area contributed by atoms with Gasteiger partial charge in [-0.3, -0.25) is 4.90 Å². The van der Waals surface area contributed by atoms with Gasteiger partial charge < -0.3 is 4.74 Å². The van der Waals surface area contributed by atoms with Gasteiger partial charge in [-0.1, -0.05) is 63.1 Å². The lowest BCUT2D eigenvalue weighted by Crippen LogP contribution is -2.45. The summed E-state index contributed by atoms with van der Waals surface area (Å²) >= 11 is 6.11. The summed E-state index contributed by atoms with van der Waals surface area (Å²) in [5.74, 6) is 0. The Morgan fingerprint density at radius 1 is 1.21 bits per heavy atom.